The third-order valence-corrected chi connectivity index (χ3v) is 3.12. The Kier molecular flexibility index (Phi) is 7.54. The molecule has 0 spiro atoms. The Labute approximate surface area is 117 Å². The summed E-state index contributed by atoms with van der Waals surface area (Å²) in [6.07, 6.45) is 3.42. The highest BCUT2D eigenvalue weighted by Crippen LogP contribution is 2.12. The van der Waals surface area contributed by atoms with E-state index in [4.69, 9.17) is 0 Å². The van der Waals surface area contributed by atoms with Crippen LogP contribution in [0.4, 0.5) is 5.69 Å². The summed E-state index contributed by atoms with van der Waals surface area (Å²) in [6, 6.07) is 1.84. The molecular weight excluding hydrogens is 281 g/mol. The number of halogens is 2. The van der Waals surface area contributed by atoms with Crippen molar-refractivity contribution in [3.8, 4) is 0 Å². The number of aryl methyl sites for hydroxylation is 1. The summed E-state index contributed by atoms with van der Waals surface area (Å²) < 4.78 is 0. The largest absolute Gasteiger partial charge is 0.323 e. The van der Waals surface area contributed by atoms with E-state index in [9.17, 15) is 4.79 Å². The van der Waals surface area contributed by atoms with E-state index in [2.05, 4.69) is 15.6 Å². The van der Waals surface area contributed by atoms with Gasteiger partial charge < -0.3 is 5.32 Å². The highest BCUT2D eigenvalue weighted by molar-refractivity contribution is 7.99. The van der Waals surface area contributed by atoms with Crippen molar-refractivity contribution in [3.63, 3.8) is 0 Å². The molecule has 1 atom stereocenters. The molecule has 1 unspecified atom stereocenters. The molecule has 1 saturated heterocycles. The number of carbonyl (C=O) groups is 1. The Morgan fingerprint density at radius 2 is 2.29 bits per heavy atom. The molecule has 1 amide bonds. The van der Waals surface area contributed by atoms with E-state index in [1.807, 2.05) is 13.0 Å². The monoisotopic (exact) mass is 295 g/mol. The fraction of sp³-hybridized carbons (Fsp3) is 0.400. The lowest BCUT2D eigenvalue weighted by Crippen LogP contribution is -2.37. The van der Waals surface area contributed by atoms with Gasteiger partial charge >= 0.3 is 0 Å². The van der Waals surface area contributed by atoms with Crippen molar-refractivity contribution >= 4 is 48.2 Å². The lowest BCUT2D eigenvalue weighted by atomic mass is 10.2. The van der Waals surface area contributed by atoms with Crippen molar-refractivity contribution in [1.82, 2.24) is 10.3 Å². The van der Waals surface area contributed by atoms with Crippen LogP contribution in [0, 0.1) is 6.92 Å². The second-order valence-electron chi connectivity index (χ2n) is 3.51. The van der Waals surface area contributed by atoms with Crippen LogP contribution < -0.4 is 10.6 Å². The van der Waals surface area contributed by atoms with Gasteiger partial charge in [-0.05, 0) is 18.6 Å². The number of rotatable bonds is 2. The van der Waals surface area contributed by atoms with Crippen LogP contribution in [0.15, 0.2) is 18.5 Å². The maximum atomic E-state index is 11.7. The van der Waals surface area contributed by atoms with E-state index in [0.717, 1.165) is 22.9 Å². The third kappa shape index (κ3) is 4.71. The van der Waals surface area contributed by atoms with Gasteiger partial charge in [-0.15, -0.1) is 36.6 Å². The summed E-state index contributed by atoms with van der Waals surface area (Å²) in [7, 11) is 0. The minimum absolute atomic E-state index is 0. The zero-order valence-electron chi connectivity index (χ0n) is 9.30. The predicted molar refractivity (Wildman–Crippen MR) is 76.3 cm³/mol. The quantitative estimate of drug-likeness (QED) is 0.874. The number of pyridine rings is 1. The van der Waals surface area contributed by atoms with Crippen molar-refractivity contribution < 1.29 is 4.79 Å². The van der Waals surface area contributed by atoms with Crippen LogP contribution in [0.5, 0.6) is 0 Å². The second-order valence-corrected chi connectivity index (χ2v) is 4.54. The molecule has 17 heavy (non-hydrogen) atoms. The molecule has 1 aromatic heterocycles. The summed E-state index contributed by atoms with van der Waals surface area (Å²) in [6.45, 7) is 1.95. The first kappa shape index (κ1) is 16.5. The topological polar surface area (TPSA) is 54.0 Å². The van der Waals surface area contributed by atoms with Crippen LogP contribution in [0.2, 0.25) is 0 Å². The van der Waals surface area contributed by atoms with Crippen molar-refractivity contribution in [3.05, 3.63) is 24.0 Å². The summed E-state index contributed by atoms with van der Waals surface area (Å²) in [5, 5.41) is 5.97. The smallest absolute Gasteiger partial charge is 0.242 e. The SMILES string of the molecule is Cc1cncc(NC(=O)C2CSCN2)c1.Cl.Cl. The van der Waals surface area contributed by atoms with Gasteiger partial charge in [-0.2, -0.15) is 0 Å². The van der Waals surface area contributed by atoms with E-state index in [1.165, 1.54) is 0 Å². The fourth-order valence-electron chi connectivity index (χ4n) is 1.42. The molecule has 1 fully saturated rings. The molecule has 0 saturated carbocycles. The molecule has 1 aromatic rings. The predicted octanol–water partition coefficient (Wildman–Crippen LogP) is 1.83. The number of thioether (sulfide) groups is 1. The van der Waals surface area contributed by atoms with Gasteiger partial charge in [0.25, 0.3) is 0 Å². The molecule has 7 heteroatoms. The molecule has 2 N–H and O–H groups in total. The first-order valence-corrected chi connectivity index (χ1v) is 5.95. The summed E-state index contributed by atoms with van der Waals surface area (Å²) in [5.41, 5.74) is 1.81. The molecule has 1 aliphatic rings. The van der Waals surface area contributed by atoms with Crippen LogP contribution >= 0.6 is 36.6 Å². The zero-order valence-corrected chi connectivity index (χ0v) is 11.8. The Hall–Kier alpha value is -0.490. The van der Waals surface area contributed by atoms with Crippen LogP contribution in [-0.4, -0.2) is 28.6 Å². The molecule has 2 rings (SSSR count). The molecular formula is C10H15Cl2N3OS. The van der Waals surface area contributed by atoms with Crippen LogP contribution in [-0.2, 0) is 4.79 Å². The number of aromatic nitrogens is 1. The van der Waals surface area contributed by atoms with Crippen molar-refractivity contribution in [2.45, 2.75) is 13.0 Å². The van der Waals surface area contributed by atoms with E-state index < -0.39 is 0 Å². The van der Waals surface area contributed by atoms with Gasteiger partial charge in [0.15, 0.2) is 0 Å². The Morgan fingerprint density at radius 3 is 2.88 bits per heavy atom. The van der Waals surface area contributed by atoms with Crippen molar-refractivity contribution in [1.29, 1.82) is 0 Å². The maximum Gasteiger partial charge on any atom is 0.242 e. The normalized spacial score (nSPS) is 17.8. The van der Waals surface area contributed by atoms with Crippen LogP contribution in [0.1, 0.15) is 5.56 Å². The van der Waals surface area contributed by atoms with E-state index in [0.29, 0.717) is 0 Å². The number of carbonyl (C=O) groups excluding carboxylic acids is 1. The number of hydrogen-bond acceptors (Lipinski definition) is 4. The van der Waals surface area contributed by atoms with E-state index in [1.54, 1.807) is 24.2 Å². The number of hydrogen-bond donors (Lipinski definition) is 2. The van der Waals surface area contributed by atoms with Crippen LogP contribution in [0.25, 0.3) is 0 Å². The Morgan fingerprint density at radius 1 is 1.53 bits per heavy atom. The number of anilines is 1. The first-order chi connectivity index (χ1) is 7.25. The lowest BCUT2D eigenvalue weighted by Gasteiger charge is -2.10. The lowest BCUT2D eigenvalue weighted by molar-refractivity contribution is -0.117. The van der Waals surface area contributed by atoms with Gasteiger partial charge in [0.05, 0.1) is 17.9 Å². The van der Waals surface area contributed by atoms with E-state index in [-0.39, 0.29) is 36.8 Å². The minimum atomic E-state index is -0.0736. The first-order valence-electron chi connectivity index (χ1n) is 4.79. The third-order valence-electron chi connectivity index (χ3n) is 2.18. The van der Waals surface area contributed by atoms with Gasteiger partial charge in [-0.3, -0.25) is 15.1 Å². The van der Waals surface area contributed by atoms with Gasteiger partial charge in [0.2, 0.25) is 5.91 Å². The number of amides is 1. The maximum absolute atomic E-state index is 11.7. The Bertz CT molecular complexity index is 372. The molecule has 0 aromatic carbocycles. The standard InChI is InChI=1S/C10H13N3OS.2ClH/c1-7-2-8(4-11-3-7)13-10(14)9-5-15-6-12-9;;/h2-4,9,12H,5-6H2,1H3,(H,13,14);2*1H. The minimum Gasteiger partial charge on any atom is -0.323 e. The summed E-state index contributed by atoms with van der Waals surface area (Å²) >= 11 is 1.74. The molecule has 0 aliphatic carbocycles. The molecule has 4 nitrogen and oxygen atoms in total. The fourth-order valence-corrected chi connectivity index (χ4v) is 2.36. The molecule has 96 valence electrons. The average Bonchev–Trinajstić information content (AvgIpc) is 2.70. The molecule has 1 aliphatic heterocycles. The molecule has 2 heterocycles. The van der Waals surface area contributed by atoms with Gasteiger partial charge in [-0.25, -0.2) is 0 Å². The highest BCUT2D eigenvalue weighted by Gasteiger charge is 2.22. The van der Waals surface area contributed by atoms with E-state index >= 15 is 0 Å². The average molecular weight is 296 g/mol. The molecule has 0 bridgehead atoms. The highest BCUT2D eigenvalue weighted by atomic mass is 35.5. The van der Waals surface area contributed by atoms with Gasteiger partial charge in [0, 0.05) is 17.8 Å². The zero-order chi connectivity index (χ0) is 10.7. The van der Waals surface area contributed by atoms with Crippen molar-refractivity contribution in [2.75, 3.05) is 16.9 Å². The Balaban J connectivity index is 0.00000128. The second kappa shape index (κ2) is 7.76. The summed E-state index contributed by atoms with van der Waals surface area (Å²) in [5.74, 6) is 1.71. The van der Waals surface area contributed by atoms with Crippen LogP contribution in [0.3, 0.4) is 0 Å². The summed E-state index contributed by atoms with van der Waals surface area (Å²) in [4.78, 5) is 15.7. The molecule has 0 radical (unpaired) electrons. The number of nitrogens with one attached hydrogen (secondary N) is 2. The van der Waals surface area contributed by atoms with Crippen molar-refractivity contribution in [2.24, 2.45) is 0 Å². The number of nitrogens with zero attached hydrogens (tertiary/aromatic N) is 1. The van der Waals surface area contributed by atoms with Gasteiger partial charge in [0.1, 0.15) is 0 Å². The van der Waals surface area contributed by atoms with Gasteiger partial charge in [-0.1, -0.05) is 0 Å².